The number of rotatable bonds is 6. The van der Waals surface area contributed by atoms with E-state index in [1.165, 1.54) is 12.3 Å². The summed E-state index contributed by atoms with van der Waals surface area (Å²) in [5.41, 5.74) is 2.16. The van der Waals surface area contributed by atoms with Crippen molar-refractivity contribution in [2.45, 2.75) is 58.9 Å². The van der Waals surface area contributed by atoms with Crippen LogP contribution in [0.4, 0.5) is 10.2 Å². The summed E-state index contributed by atoms with van der Waals surface area (Å²) < 4.78 is 16.7. The fourth-order valence-electron chi connectivity index (χ4n) is 4.74. The molecule has 0 aliphatic heterocycles. The summed E-state index contributed by atoms with van der Waals surface area (Å²) in [6.45, 7) is 5.60. The molecule has 2 aromatic heterocycles. The number of ketones is 1. The first-order chi connectivity index (χ1) is 15.7. The Hall–Kier alpha value is -2.80. The monoisotopic (exact) mass is 470 g/mol. The Morgan fingerprint density at radius 3 is 2.76 bits per heavy atom. The summed E-state index contributed by atoms with van der Waals surface area (Å²) in [6, 6.07) is 5.05. The number of amides is 1. The summed E-state index contributed by atoms with van der Waals surface area (Å²) in [5.74, 6) is 0.0844. The maximum atomic E-state index is 14.8. The normalized spacial score (nSPS) is 18.6. The van der Waals surface area contributed by atoms with E-state index in [4.69, 9.17) is 11.6 Å². The van der Waals surface area contributed by atoms with Crippen molar-refractivity contribution in [1.82, 2.24) is 14.5 Å². The van der Waals surface area contributed by atoms with Gasteiger partial charge in [0.05, 0.1) is 16.9 Å². The number of aromatic nitrogens is 3. The van der Waals surface area contributed by atoms with Crippen molar-refractivity contribution in [2.24, 2.45) is 11.8 Å². The fourth-order valence-corrected chi connectivity index (χ4v) is 4.95. The second kappa shape index (κ2) is 9.59. The predicted molar refractivity (Wildman–Crippen MR) is 128 cm³/mol. The molecule has 2 heterocycles. The molecule has 2 atom stereocenters. The van der Waals surface area contributed by atoms with Gasteiger partial charge in [-0.3, -0.25) is 4.79 Å². The summed E-state index contributed by atoms with van der Waals surface area (Å²) in [4.78, 5) is 32.8. The molecule has 1 saturated carbocycles. The zero-order valence-electron chi connectivity index (χ0n) is 19.1. The Morgan fingerprint density at radius 1 is 1.24 bits per heavy atom. The van der Waals surface area contributed by atoms with Gasteiger partial charge in [0.1, 0.15) is 17.1 Å². The lowest BCUT2D eigenvalue weighted by Crippen LogP contribution is -2.29. The highest BCUT2D eigenvalue weighted by atomic mass is 35.5. The van der Waals surface area contributed by atoms with E-state index in [-0.39, 0.29) is 29.6 Å². The molecule has 0 saturated heterocycles. The Bertz CT molecular complexity index is 1210. The molecule has 174 valence electrons. The fraction of sp³-hybridized carbons (Fsp3) is 0.440. The van der Waals surface area contributed by atoms with E-state index < -0.39 is 5.82 Å². The number of fused-ring (bicyclic) bond motifs is 1. The van der Waals surface area contributed by atoms with Crippen molar-refractivity contribution >= 4 is 40.1 Å². The highest BCUT2D eigenvalue weighted by Crippen LogP contribution is 2.35. The summed E-state index contributed by atoms with van der Waals surface area (Å²) in [7, 11) is 0. The highest BCUT2D eigenvalue weighted by Gasteiger charge is 2.28. The van der Waals surface area contributed by atoms with E-state index in [9.17, 15) is 14.0 Å². The van der Waals surface area contributed by atoms with E-state index in [1.807, 2.05) is 24.5 Å². The minimum Gasteiger partial charge on any atom is -0.328 e. The lowest BCUT2D eigenvalue weighted by atomic mass is 9.79. The van der Waals surface area contributed by atoms with Gasteiger partial charge < -0.3 is 14.7 Å². The summed E-state index contributed by atoms with van der Waals surface area (Å²) in [5, 5.41) is 3.26. The van der Waals surface area contributed by atoms with Gasteiger partial charge in [0, 0.05) is 30.1 Å². The standard InChI is InChI=1S/C25H28ClFN4O2/c1-14(2)31-13-29-24-21(27)9-18(10-22(24)31)19-11-23(28-12-20(19)26)30-25(33)17-6-4-5-16(8-17)7-15(3)32/h9-14,16-17H,4-8H2,1-3H3,(H,28,30,33)/t16-,17-/m0/s1. The average Bonchev–Trinajstić information content (AvgIpc) is 3.20. The van der Waals surface area contributed by atoms with Crippen LogP contribution in [-0.2, 0) is 9.59 Å². The van der Waals surface area contributed by atoms with Crippen LogP contribution in [0, 0.1) is 17.7 Å². The molecule has 1 amide bonds. The molecule has 0 bridgehead atoms. The molecule has 1 aromatic carbocycles. The van der Waals surface area contributed by atoms with Gasteiger partial charge in [-0.25, -0.2) is 14.4 Å². The lowest BCUT2D eigenvalue weighted by molar-refractivity contribution is -0.123. The molecular formula is C25H28ClFN4O2. The Morgan fingerprint density at radius 2 is 2.03 bits per heavy atom. The molecule has 3 aromatic rings. The first kappa shape index (κ1) is 23.4. The molecule has 1 aliphatic rings. The zero-order chi connectivity index (χ0) is 23.7. The molecule has 4 rings (SSSR count). The number of carbonyl (C=O) groups excluding carboxylic acids is 2. The van der Waals surface area contributed by atoms with Gasteiger partial charge >= 0.3 is 0 Å². The molecule has 0 spiro atoms. The third kappa shape index (κ3) is 5.08. The number of nitrogens with zero attached hydrogens (tertiary/aromatic N) is 3. The summed E-state index contributed by atoms with van der Waals surface area (Å²) >= 11 is 6.41. The van der Waals surface area contributed by atoms with Gasteiger partial charge in [-0.15, -0.1) is 0 Å². The van der Waals surface area contributed by atoms with Crippen molar-refractivity contribution < 1.29 is 14.0 Å². The van der Waals surface area contributed by atoms with Crippen molar-refractivity contribution in [3.8, 4) is 11.1 Å². The second-order valence-electron chi connectivity index (χ2n) is 9.25. The highest BCUT2D eigenvalue weighted by molar-refractivity contribution is 6.33. The number of imidazole rings is 1. The van der Waals surface area contributed by atoms with Crippen molar-refractivity contribution in [2.75, 3.05) is 5.32 Å². The van der Waals surface area contributed by atoms with Crippen LogP contribution in [0.2, 0.25) is 5.02 Å². The molecule has 1 N–H and O–H groups in total. The molecular weight excluding hydrogens is 443 g/mol. The van der Waals surface area contributed by atoms with E-state index in [1.54, 1.807) is 19.3 Å². The minimum atomic E-state index is -0.431. The third-order valence-electron chi connectivity index (χ3n) is 6.34. The molecule has 33 heavy (non-hydrogen) atoms. The molecule has 8 heteroatoms. The number of hydrogen-bond acceptors (Lipinski definition) is 4. The SMILES string of the molecule is CC(=O)C[C@@H]1CCC[C@H](C(=O)Nc2cc(-c3cc(F)c4ncn(C(C)C)c4c3)c(Cl)cn2)C1. The van der Waals surface area contributed by atoms with E-state index >= 15 is 0 Å². The molecule has 1 fully saturated rings. The number of Topliss-reactive ketones (excluding diaryl/α,β-unsaturated/α-hetero) is 1. The van der Waals surface area contributed by atoms with Gasteiger partial charge in [-0.2, -0.15) is 0 Å². The smallest absolute Gasteiger partial charge is 0.228 e. The van der Waals surface area contributed by atoms with Crippen LogP contribution in [0.5, 0.6) is 0 Å². The van der Waals surface area contributed by atoms with Gasteiger partial charge in [0.2, 0.25) is 5.91 Å². The van der Waals surface area contributed by atoms with Crippen molar-refractivity contribution in [1.29, 1.82) is 0 Å². The van der Waals surface area contributed by atoms with Gasteiger partial charge in [-0.05, 0) is 69.7 Å². The average molecular weight is 471 g/mol. The summed E-state index contributed by atoms with van der Waals surface area (Å²) in [6.07, 6.45) is 7.02. The predicted octanol–water partition coefficient (Wildman–Crippen LogP) is 6.20. The van der Waals surface area contributed by atoms with E-state index in [2.05, 4.69) is 15.3 Å². The number of carbonyl (C=O) groups is 2. The first-order valence-electron chi connectivity index (χ1n) is 11.3. The van der Waals surface area contributed by atoms with Gasteiger partial charge in [0.15, 0.2) is 5.82 Å². The van der Waals surface area contributed by atoms with E-state index in [0.29, 0.717) is 45.8 Å². The molecule has 6 nitrogen and oxygen atoms in total. The van der Waals surface area contributed by atoms with Crippen LogP contribution >= 0.6 is 11.6 Å². The van der Waals surface area contributed by atoms with Gasteiger partial charge in [-0.1, -0.05) is 18.0 Å². The number of benzene rings is 1. The van der Waals surface area contributed by atoms with Crippen molar-refractivity contribution in [3.05, 3.63) is 41.6 Å². The van der Waals surface area contributed by atoms with Crippen LogP contribution < -0.4 is 5.32 Å². The molecule has 0 radical (unpaired) electrons. The molecule has 1 aliphatic carbocycles. The second-order valence-corrected chi connectivity index (χ2v) is 9.65. The van der Waals surface area contributed by atoms with Gasteiger partial charge in [0.25, 0.3) is 0 Å². The minimum absolute atomic E-state index is 0.108. The van der Waals surface area contributed by atoms with E-state index in [0.717, 1.165) is 19.3 Å². The zero-order valence-corrected chi connectivity index (χ0v) is 19.8. The van der Waals surface area contributed by atoms with Crippen LogP contribution in [-0.4, -0.2) is 26.2 Å². The Labute approximate surface area is 197 Å². The quantitative estimate of drug-likeness (QED) is 0.465. The van der Waals surface area contributed by atoms with Crippen LogP contribution in [0.15, 0.2) is 30.7 Å². The number of nitrogens with one attached hydrogen (secondary N) is 1. The Balaban J connectivity index is 1.59. The number of hydrogen-bond donors (Lipinski definition) is 1. The van der Waals surface area contributed by atoms with Crippen LogP contribution in [0.3, 0.4) is 0 Å². The largest absolute Gasteiger partial charge is 0.328 e. The first-order valence-corrected chi connectivity index (χ1v) is 11.7. The maximum Gasteiger partial charge on any atom is 0.228 e. The van der Waals surface area contributed by atoms with Crippen LogP contribution in [0.1, 0.15) is 58.9 Å². The lowest BCUT2D eigenvalue weighted by Gasteiger charge is -2.27. The molecule has 0 unspecified atom stereocenters. The number of anilines is 1. The third-order valence-corrected chi connectivity index (χ3v) is 6.64. The number of pyridine rings is 1. The van der Waals surface area contributed by atoms with Crippen molar-refractivity contribution in [3.63, 3.8) is 0 Å². The number of halogens is 2. The Kier molecular flexibility index (Phi) is 6.79. The van der Waals surface area contributed by atoms with Crippen LogP contribution in [0.25, 0.3) is 22.2 Å². The topological polar surface area (TPSA) is 76.9 Å². The maximum absolute atomic E-state index is 14.8.